The SMILES string of the molecule is CCN(CC)C[C@@H](O)COc1ccc(Br)cc1. The highest BCUT2D eigenvalue weighted by Crippen LogP contribution is 2.16. The van der Waals surface area contributed by atoms with E-state index in [1.807, 2.05) is 24.3 Å². The molecule has 0 saturated heterocycles. The summed E-state index contributed by atoms with van der Waals surface area (Å²) in [7, 11) is 0. The van der Waals surface area contributed by atoms with E-state index in [0.29, 0.717) is 13.2 Å². The van der Waals surface area contributed by atoms with Gasteiger partial charge in [-0.05, 0) is 37.4 Å². The molecule has 0 unspecified atom stereocenters. The summed E-state index contributed by atoms with van der Waals surface area (Å²) < 4.78 is 6.54. The molecule has 0 amide bonds. The van der Waals surface area contributed by atoms with Crippen molar-refractivity contribution in [1.29, 1.82) is 0 Å². The molecule has 1 atom stereocenters. The topological polar surface area (TPSA) is 32.7 Å². The Morgan fingerprint density at radius 2 is 1.82 bits per heavy atom. The second-order valence-corrected chi connectivity index (χ2v) is 4.82. The van der Waals surface area contributed by atoms with Crippen LogP contribution in [0.25, 0.3) is 0 Å². The zero-order chi connectivity index (χ0) is 12.7. The summed E-state index contributed by atoms with van der Waals surface area (Å²) in [6.07, 6.45) is -0.446. The predicted octanol–water partition coefficient (Wildman–Crippen LogP) is 2.53. The maximum Gasteiger partial charge on any atom is 0.119 e. The Morgan fingerprint density at radius 1 is 1.24 bits per heavy atom. The second-order valence-electron chi connectivity index (χ2n) is 3.90. The fraction of sp³-hybridized carbons (Fsp3) is 0.538. The van der Waals surface area contributed by atoms with E-state index in [9.17, 15) is 5.11 Å². The van der Waals surface area contributed by atoms with Crippen LogP contribution < -0.4 is 4.74 Å². The van der Waals surface area contributed by atoms with E-state index < -0.39 is 6.10 Å². The molecule has 0 spiro atoms. The lowest BCUT2D eigenvalue weighted by atomic mass is 10.3. The standard InChI is InChI=1S/C13H20BrNO2/c1-3-15(4-2)9-12(16)10-17-13-7-5-11(14)6-8-13/h5-8,12,16H,3-4,9-10H2,1-2H3/t12-/m1/s1. The van der Waals surface area contributed by atoms with Crippen molar-refractivity contribution in [2.75, 3.05) is 26.2 Å². The molecule has 4 heteroatoms. The van der Waals surface area contributed by atoms with Crippen LogP contribution in [-0.2, 0) is 0 Å². The van der Waals surface area contributed by atoms with Crippen molar-refractivity contribution in [3.63, 3.8) is 0 Å². The van der Waals surface area contributed by atoms with Gasteiger partial charge in [-0.15, -0.1) is 0 Å². The van der Waals surface area contributed by atoms with Gasteiger partial charge in [-0.3, -0.25) is 0 Å². The highest BCUT2D eigenvalue weighted by molar-refractivity contribution is 9.10. The number of halogens is 1. The summed E-state index contributed by atoms with van der Waals surface area (Å²) in [5, 5.41) is 9.82. The molecule has 1 N–H and O–H groups in total. The maximum atomic E-state index is 9.82. The van der Waals surface area contributed by atoms with E-state index >= 15 is 0 Å². The first-order valence-corrected chi connectivity index (χ1v) is 6.73. The minimum Gasteiger partial charge on any atom is -0.491 e. The van der Waals surface area contributed by atoms with E-state index in [1.54, 1.807) is 0 Å². The Labute approximate surface area is 112 Å². The fourth-order valence-electron chi connectivity index (χ4n) is 1.56. The largest absolute Gasteiger partial charge is 0.491 e. The van der Waals surface area contributed by atoms with Gasteiger partial charge in [0.15, 0.2) is 0 Å². The maximum absolute atomic E-state index is 9.82. The van der Waals surface area contributed by atoms with Crippen molar-refractivity contribution in [3.8, 4) is 5.75 Å². The lowest BCUT2D eigenvalue weighted by molar-refractivity contribution is 0.0716. The lowest BCUT2D eigenvalue weighted by Gasteiger charge is -2.21. The zero-order valence-corrected chi connectivity index (χ0v) is 12.0. The third-order valence-corrected chi connectivity index (χ3v) is 3.15. The molecule has 0 aliphatic carbocycles. The Bertz CT molecular complexity index is 312. The van der Waals surface area contributed by atoms with Crippen LogP contribution in [0.5, 0.6) is 5.75 Å². The van der Waals surface area contributed by atoms with Gasteiger partial charge in [0.05, 0.1) is 0 Å². The Balaban J connectivity index is 2.32. The first-order chi connectivity index (χ1) is 8.15. The molecule has 1 rings (SSSR count). The van der Waals surface area contributed by atoms with Crippen LogP contribution in [0.1, 0.15) is 13.8 Å². The molecule has 0 saturated carbocycles. The Kier molecular flexibility index (Phi) is 6.55. The molecule has 0 aliphatic rings. The average molecular weight is 302 g/mol. The summed E-state index contributed by atoms with van der Waals surface area (Å²) in [5.41, 5.74) is 0. The van der Waals surface area contributed by atoms with Crippen LogP contribution in [0, 0.1) is 0 Å². The monoisotopic (exact) mass is 301 g/mol. The van der Waals surface area contributed by atoms with Crippen molar-refractivity contribution in [2.45, 2.75) is 20.0 Å². The number of nitrogens with zero attached hydrogens (tertiary/aromatic N) is 1. The van der Waals surface area contributed by atoms with Crippen LogP contribution in [0.4, 0.5) is 0 Å². The van der Waals surface area contributed by atoms with Gasteiger partial charge in [-0.25, -0.2) is 0 Å². The lowest BCUT2D eigenvalue weighted by Crippen LogP contribution is -2.35. The van der Waals surface area contributed by atoms with E-state index in [4.69, 9.17) is 4.74 Å². The summed E-state index contributed by atoms with van der Waals surface area (Å²) >= 11 is 3.37. The van der Waals surface area contributed by atoms with Gasteiger partial charge < -0.3 is 14.7 Å². The van der Waals surface area contributed by atoms with Crippen molar-refractivity contribution >= 4 is 15.9 Å². The first kappa shape index (κ1) is 14.5. The Morgan fingerprint density at radius 3 is 2.35 bits per heavy atom. The molecular formula is C13H20BrNO2. The van der Waals surface area contributed by atoms with Crippen molar-refractivity contribution in [3.05, 3.63) is 28.7 Å². The van der Waals surface area contributed by atoms with Crippen molar-refractivity contribution in [1.82, 2.24) is 4.90 Å². The number of aliphatic hydroxyl groups excluding tert-OH is 1. The van der Waals surface area contributed by atoms with Gasteiger partial charge in [0.1, 0.15) is 18.5 Å². The van der Waals surface area contributed by atoms with Gasteiger partial charge in [0, 0.05) is 11.0 Å². The average Bonchev–Trinajstić information content (AvgIpc) is 2.35. The van der Waals surface area contributed by atoms with Gasteiger partial charge in [0.25, 0.3) is 0 Å². The summed E-state index contributed by atoms with van der Waals surface area (Å²) in [5.74, 6) is 0.784. The first-order valence-electron chi connectivity index (χ1n) is 5.94. The van der Waals surface area contributed by atoms with Gasteiger partial charge in [0.2, 0.25) is 0 Å². The van der Waals surface area contributed by atoms with Gasteiger partial charge in [-0.1, -0.05) is 29.8 Å². The van der Waals surface area contributed by atoms with Gasteiger partial charge >= 0.3 is 0 Å². The molecule has 1 aromatic carbocycles. The highest BCUT2D eigenvalue weighted by atomic mass is 79.9. The molecule has 0 bridgehead atoms. The highest BCUT2D eigenvalue weighted by Gasteiger charge is 2.09. The van der Waals surface area contributed by atoms with E-state index in [0.717, 1.165) is 23.3 Å². The van der Waals surface area contributed by atoms with Crippen LogP contribution in [0.3, 0.4) is 0 Å². The minimum atomic E-state index is -0.446. The van der Waals surface area contributed by atoms with Crippen LogP contribution in [0.15, 0.2) is 28.7 Å². The summed E-state index contributed by atoms with van der Waals surface area (Å²) in [4.78, 5) is 2.18. The normalized spacial score (nSPS) is 12.8. The minimum absolute atomic E-state index is 0.331. The van der Waals surface area contributed by atoms with Crippen LogP contribution >= 0.6 is 15.9 Å². The second kappa shape index (κ2) is 7.69. The summed E-state index contributed by atoms with van der Waals surface area (Å²) in [6, 6.07) is 7.61. The molecule has 0 heterocycles. The molecule has 0 fully saturated rings. The number of aliphatic hydroxyl groups is 1. The molecule has 3 nitrogen and oxygen atoms in total. The Hall–Kier alpha value is -0.580. The van der Waals surface area contributed by atoms with E-state index in [-0.39, 0.29) is 0 Å². The summed E-state index contributed by atoms with van der Waals surface area (Å²) in [6.45, 7) is 7.07. The number of hydrogen-bond acceptors (Lipinski definition) is 3. The molecule has 17 heavy (non-hydrogen) atoms. The third kappa shape index (κ3) is 5.52. The molecule has 0 aliphatic heterocycles. The molecular weight excluding hydrogens is 282 g/mol. The van der Waals surface area contributed by atoms with Crippen molar-refractivity contribution < 1.29 is 9.84 Å². The molecule has 0 aromatic heterocycles. The van der Waals surface area contributed by atoms with Crippen LogP contribution in [-0.4, -0.2) is 42.4 Å². The fourth-order valence-corrected chi connectivity index (χ4v) is 1.82. The third-order valence-electron chi connectivity index (χ3n) is 2.62. The molecule has 96 valence electrons. The molecule has 0 radical (unpaired) electrons. The van der Waals surface area contributed by atoms with Crippen molar-refractivity contribution in [2.24, 2.45) is 0 Å². The van der Waals surface area contributed by atoms with Gasteiger partial charge in [-0.2, -0.15) is 0 Å². The smallest absolute Gasteiger partial charge is 0.119 e. The number of benzene rings is 1. The van der Waals surface area contributed by atoms with E-state index in [2.05, 4.69) is 34.7 Å². The van der Waals surface area contributed by atoms with E-state index in [1.165, 1.54) is 0 Å². The quantitative estimate of drug-likeness (QED) is 0.840. The van der Waals surface area contributed by atoms with Crippen LogP contribution in [0.2, 0.25) is 0 Å². The predicted molar refractivity (Wildman–Crippen MR) is 73.4 cm³/mol. The number of likely N-dealkylation sites (N-methyl/N-ethyl adjacent to an activating group) is 1. The molecule has 1 aromatic rings. The zero-order valence-electron chi connectivity index (χ0n) is 10.4. The number of ether oxygens (including phenoxy) is 1. The number of hydrogen-bond donors (Lipinski definition) is 1. The number of rotatable bonds is 7.